The summed E-state index contributed by atoms with van der Waals surface area (Å²) in [7, 11) is -4.17. The van der Waals surface area contributed by atoms with Gasteiger partial charge in [-0.05, 0) is 13.3 Å². The van der Waals surface area contributed by atoms with Gasteiger partial charge >= 0.3 is 7.82 Å². The third-order valence-corrected chi connectivity index (χ3v) is 4.53. The third kappa shape index (κ3) is 8.38. The highest BCUT2D eigenvalue weighted by molar-refractivity contribution is 9.10. The van der Waals surface area contributed by atoms with Crippen LogP contribution in [0.5, 0.6) is 0 Å². The second-order valence-electron chi connectivity index (χ2n) is 2.60. The van der Waals surface area contributed by atoms with E-state index in [1.165, 1.54) is 0 Å². The van der Waals surface area contributed by atoms with Gasteiger partial charge in [0, 0.05) is 5.33 Å². The van der Waals surface area contributed by atoms with Crippen molar-refractivity contribution in [3.63, 3.8) is 0 Å². The Morgan fingerprint density at radius 1 is 1.47 bits per heavy atom. The van der Waals surface area contributed by atoms with E-state index >= 15 is 0 Å². The largest absolute Gasteiger partial charge is 0.474 e. The van der Waals surface area contributed by atoms with Crippen LogP contribution in [-0.4, -0.2) is 26.2 Å². The normalized spacial score (nSPS) is 21.7. The zero-order chi connectivity index (χ0) is 12.1. The van der Waals surface area contributed by atoms with E-state index in [4.69, 9.17) is 27.7 Å². The van der Waals surface area contributed by atoms with Gasteiger partial charge in [-0.1, -0.05) is 43.5 Å². The van der Waals surface area contributed by atoms with E-state index in [1.807, 2.05) is 0 Å². The minimum atomic E-state index is -4.17. The monoisotopic (exact) mass is 406 g/mol. The zero-order valence-electron chi connectivity index (χ0n) is 7.78. The van der Waals surface area contributed by atoms with Crippen LogP contribution in [-0.2, 0) is 13.6 Å². The minimum Gasteiger partial charge on any atom is -0.302 e. The van der Waals surface area contributed by atoms with E-state index < -0.39 is 23.8 Å². The molecule has 0 aliphatic heterocycles. The minimum absolute atomic E-state index is 0.511. The molecule has 9 heteroatoms. The van der Waals surface area contributed by atoms with Gasteiger partial charge in [0.1, 0.15) is 5.01 Å². The summed E-state index contributed by atoms with van der Waals surface area (Å²) in [5.41, 5.74) is -1.08. The summed E-state index contributed by atoms with van der Waals surface area (Å²) in [5, 5.41) is -0.554. The Kier molecular flexibility index (Phi) is 8.74. The van der Waals surface area contributed by atoms with Gasteiger partial charge in [0.25, 0.3) is 0 Å². The van der Waals surface area contributed by atoms with Crippen LogP contribution in [0.15, 0.2) is 0 Å². The maximum atomic E-state index is 11.3. The molecule has 4 unspecified atom stereocenters. The summed E-state index contributed by atoms with van der Waals surface area (Å²) >= 11 is 17.4. The predicted molar refractivity (Wildman–Crippen MR) is 68.1 cm³/mol. The second kappa shape index (κ2) is 7.88. The summed E-state index contributed by atoms with van der Waals surface area (Å²) in [6.45, 7) is 1.54. The van der Waals surface area contributed by atoms with E-state index in [1.54, 1.807) is 6.92 Å². The van der Waals surface area contributed by atoms with Crippen molar-refractivity contribution >= 4 is 62.9 Å². The van der Waals surface area contributed by atoms with Gasteiger partial charge in [-0.25, -0.2) is 4.57 Å². The molecule has 0 saturated heterocycles. The molecule has 0 saturated carbocycles. The molecule has 1 N–H and O–H groups in total. The van der Waals surface area contributed by atoms with Crippen molar-refractivity contribution in [3.8, 4) is 0 Å². The first kappa shape index (κ1) is 16.6. The van der Waals surface area contributed by atoms with E-state index in [2.05, 4.69) is 36.4 Å². The van der Waals surface area contributed by atoms with Crippen LogP contribution in [0.25, 0.3) is 0 Å². The lowest BCUT2D eigenvalue weighted by molar-refractivity contribution is 0.128. The summed E-state index contributed by atoms with van der Waals surface area (Å²) < 4.78 is 20.7. The van der Waals surface area contributed by atoms with Crippen LogP contribution in [0.4, 0.5) is 0 Å². The molecule has 0 amide bonds. The maximum absolute atomic E-state index is 11.3. The molecule has 0 fully saturated rings. The third-order valence-electron chi connectivity index (χ3n) is 1.18. The number of halogens is 4. The molecule has 0 aromatic rings. The molecule has 0 bridgehead atoms. The average Bonchev–Trinajstić information content (AvgIpc) is 2.01. The quantitative estimate of drug-likeness (QED) is 0.514. The summed E-state index contributed by atoms with van der Waals surface area (Å²) in [5.74, 6) is 0. The van der Waals surface area contributed by atoms with Crippen LogP contribution in [0.2, 0.25) is 0 Å². The fourth-order valence-corrected chi connectivity index (χ4v) is 3.72. The number of hydrogen-bond acceptors (Lipinski definition) is 3. The molecular formula is C6H11Br2Cl2O4P. The van der Waals surface area contributed by atoms with Gasteiger partial charge in [0.15, 0.2) is 5.56 Å². The van der Waals surface area contributed by atoms with Crippen LogP contribution >= 0.6 is 62.9 Å². The van der Waals surface area contributed by atoms with Crippen molar-refractivity contribution in [1.82, 2.24) is 0 Å². The van der Waals surface area contributed by atoms with Crippen molar-refractivity contribution in [2.24, 2.45) is 0 Å². The molecule has 0 rings (SSSR count). The number of phosphoric acid groups is 1. The molecule has 0 aromatic carbocycles. The van der Waals surface area contributed by atoms with E-state index in [0.717, 1.165) is 0 Å². The molecule has 0 aliphatic rings. The van der Waals surface area contributed by atoms with Crippen LogP contribution in [0, 0.1) is 0 Å². The second-order valence-corrected chi connectivity index (χ2v) is 6.89. The molecule has 0 aromatic heterocycles. The smallest absolute Gasteiger partial charge is 0.302 e. The van der Waals surface area contributed by atoms with Crippen LogP contribution in [0.3, 0.4) is 0 Å². The highest BCUT2D eigenvalue weighted by Crippen LogP contribution is 2.48. The zero-order valence-corrected chi connectivity index (χ0v) is 13.4. The van der Waals surface area contributed by atoms with Crippen molar-refractivity contribution in [1.29, 1.82) is 0 Å². The van der Waals surface area contributed by atoms with Gasteiger partial charge < -0.3 is 4.89 Å². The Morgan fingerprint density at radius 3 is 2.40 bits per heavy atom. The van der Waals surface area contributed by atoms with Crippen LogP contribution in [0.1, 0.15) is 13.3 Å². The number of phosphoric ester groups is 1. The summed E-state index contributed by atoms with van der Waals surface area (Å²) in [6.07, 6.45) is 0.511. The van der Waals surface area contributed by atoms with Gasteiger partial charge in [-0.15, -0.1) is 11.6 Å². The van der Waals surface area contributed by atoms with Gasteiger partial charge in [0.2, 0.25) is 0 Å². The lowest BCUT2D eigenvalue weighted by Gasteiger charge is -2.19. The molecule has 92 valence electrons. The van der Waals surface area contributed by atoms with Gasteiger partial charge in [-0.2, -0.15) is 0 Å². The lowest BCUT2D eigenvalue weighted by atomic mass is 10.5. The fraction of sp³-hybridized carbons (Fsp3) is 1.00. The van der Waals surface area contributed by atoms with Crippen molar-refractivity contribution in [2.75, 3.05) is 5.33 Å². The Morgan fingerprint density at radius 2 is 2.00 bits per heavy atom. The topological polar surface area (TPSA) is 55.8 Å². The Bertz CT molecular complexity index is 231. The first-order valence-electron chi connectivity index (χ1n) is 3.96. The molecule has 4 nitrogen and oxygen atoms in total. The summed E-state index contributed by atoms with van der Waals surface area (Å²) in [6, 6.07) is 0. The number of hydrogen-bond donors (Lipinski definition) is 1. The van der Waals surface area contributed by atoms with Gasteiger partial charge in [-0.3, -0.25) is 9.05 Å². The van der Waals surface area contributed by atoms with Crippen molar-refractivity contribution in [2.45, 2.75) is 29.3 Å². The van der Waals surface area contributed by atoms with Crippen molar-refractivity contribution < 1.29 is 18.5 Å². The average molecular weight is 409 g/mol. The van der Waals surface area contributed by atoms with Crippen molar-refractivity contribution in [3.05, 3.63) is 0 Å². The van der Waals surface area contributed by atoms with Gasteiger partial charge in [0.05, 0.1) is 5.38 Å². The molecule has 0 aliphatic carbocycles. The molecular weight excluding hydrogens is 398 g/mol. The highest BCUT2D eigenvalue weighted by atomic mass is 79.9. The van der Waals surface area contributed by atoms with E-state index in [0.29, 0.717) is 11.8 Å². The maximum Gasteiger partial charge on any atom is 0.474 e. The van der Waals surface area contributed by atoms with E-state index in [-0.39, 0.29) is 0 Å². The molecule has 15 heavy (non-hydrogen) atoms. The molecule has 0 heterocycles. The predicted octanol–water partition coefficient (Wildman–Crippen LogP) is 3.82. The van der Waals surface area contributed by atoms with Crippen LogP contribution < -0.4 is 0 Å². The fourth-order valence-electron chi connectivity index (χ4n) is 0.519. The Labute approximate surface area is 115 Å². The SMILES string of the molecule is CC(Cl)C(Cl)OP(=O)(O)OC(Br)CCBr. The lowest BCUT2D eigenvalue weighted by Crippen LogP contribution is -2.16. The highest BCUT2D eigenvalue weighted by Gasteiger charge is 2.30. The molecule has 4 atom stereocenters. The number of alkyl halides is 4. The standard InChI is InChI=1S/C6H11Br2Cl2O4P/c1-4(9)6(10)14-15(11,12)13-5(8)2-3-7/h4-6H,2-3H2,1H3,(H,11,12). The van der Waals surface area contributed by atoms with E-state index in [9.17, 15) is 9.46 Å². The Hall–Kier alpha value is 1.65. The molecule has 0 radical (unpaired) electrons. The Balaban J connectivity index is 4.12. The first-order valence-corrected chi connectivity index (χ1v) is 8.37. The number of rotatable bonds is 7. The summed E-state index contributed by atoms with van der Waals surface area (Å²) in [4.78, 5) is 9.25. The molecule has 0 spiro atoms. The first-order chi connectivity index (χ1) is 6.78.